The van der Waals surface area contributed by atoms with Crippen molar-refractivity contribution in [3.8, 4) is 11.3 Å². The Morgan fingerprint density at radius 2 is 2.08 bits per heavy atom. The first-order valence-corrected chi connectivity index (χ1v) is 8.64. The van der Waals surface area contributed by atoms with Gasteiger partial charge < -0.3 is 5.32 Å². The smallest absolute Gasteiger partial charge is 0.255 e. The van der Waals surface area contributed by atoms with E-state index < -0.39 is 0 Å². The lowest BCUT2D eigenvalue weighted by Gasteiger charge is -2.05. The summed E-state index contributed by atoms with van der Waals surface area (Å²) in [5.41, 5.74) is 3.62. The second-order valence-corrected chi connectivity index (χ2v) is 6.86. The van der Waals surface area contributed by atoms with Gasteiger partial charge in [0.25, 0.3) is 5.91 Å². The van der Waals surface area contributed by atoms with Gasteiger partial charge >= 0.3 is 0 Å². The number of carbonyl (C=O) groups is 1. The number of hydrogen-bond donors (Lipinski definition) is 2. The second kappa shape index (κ2) is 6.14. The highest BCUT2D eigenvalue weighted by Crippen LogP contribution is 2.23. The molecular formula is C17H16N6OS. The van der Waals surface area contributed by atoms with Crippen LogP contribution in [0.15, 0.2) is 36.5 Å². The average Bonchev–Trinajstić information content (AvgIpc) is 3.26. The fourth-order valence-corrected chi connectivity index (χ4v) is 3.44. The summed E-state index contributed by atoms with van der Waals surface area (Å²) >= 11 is 1.52. The number of hydrogen-bond acceptors (Lipinski definition) is 5. The minimum atomic E-state index is -0.175. The summed E-state index contributed by atoms with van der Waals surface area (Å²) in [4.78, 5) is 18.0. The fourth-order valence-electron chi connectivity index (χ4n) is 2.70. The van der Waals surface area contributed by atoms with Gasteiger partial charge in [-0.2, -0.15) is 10.2 Å². The normalized spacial score (nSPS) is 11.1. The van der Waals surface area contributed by atoms with Crippen LogP contribution in [-0.4, -0.2) is 30.7 Å². The van der Waals surface area contributed by atoms with Crippen molar-refractivity contribution in [2.45, 2.75) is 20.4 Å². The number of rotatable bonds is 4. The van der Waals surface area contributed by atoms with E-state index in [1.807, 2.05) is 50.4 Å². The molecule has 1 aromatic carbocycles. The summed E-state index contributed by atoms with van der Waals surface area (Å²) in [5, 5.41) is 15.4. The fraction of sp³-hybridized carbons (Fsp3) is 0.176. The van der Waals surface area contributed by atoms with Gasteiger partial charge in [0.05, 0.1) is 24.0 Å². The lowest BCUT2D eigenvalue weighted by Crippen LogP contribution is -2.24. The van der Waals surface area contributed by atoms with Crippen molar-refractivity contribution in [2.24, 2.45) is 0 Å². The van der Waals surface area contributed by atoms with Crippen molar-refractivity contribution in [1.29, 1.82) is 0 Å². The standard InChI is InChI=1S/C17H16N6OS/c1-10-14(15(21-20-10)12-6-4-3-5-7-12)16(24)18-8-13-9-23-17(19-13)25-11(2)22-23/h3-7,9H,8H2,1-2H3,(H,18,24)(H,20,21). The Labute approximate surface area is 147 Å². The van der Waals surface area contributed by atoms with Crippen LogP contribution < -0.4 is 5.32 Å². The highest BCUT2D eigenvalue weighted by atomic mass is 32.1. The van der Waals surface area contributed by atoms with Crippen LogP contribution in [0, 0.1) is 13.8 Å². The maximum Gasteiger partial charge on any atom is 0.255 e. The molecule has 0 aliphatic rings. The number of aromatic nitrogens is 5. The molecule has 1 amide bonds. The Hall–Kier alpha value is -3.00. The molecule has 0 saturated heterocycles. The molecular weight excluding hydrogens is 336 g/mol. The molecule has 0 atom stereocenters. The number of carbonyl (C=O) groups excluding carboxylic acids is 1. The van der Waals surface area contributed by atoms with E-state index in [9.17, 15) is 4.79 Å². The van der Waals surface area contributed by atoms with Crippen LogP contribution in [0.5, 0.6) is 0 Å². The Kier molecular flexibility index (Phi) is 3.81. The number of aromatic amines is 1. The van der Waals surface area contributed by atoms with Crippen molar-refractivity contribution in [2.75, 3.05) is 0 Å². The van der Waals surface area contributed by atoms with Crippen LogP contribution in [-0.2, 0) is 6.54 Å². The summed E-state index contributed by atoms with van der Waals surface area (Å²) in [7, 11) is 0. The lowest BCUT2D eigenvalue weighted by atomic mass is 10.1. The average molecular weight is 352 g/mol. The summed E-state index contributed by atoms with van der Waals surface area (Å²) in [6.07, 6.45) is 1.83. The maximum absolute atomic E-state index is 12.7. The van der Waals surface area contributed by atoms with Crippen molar-refractivity contribution < 1.29 is 4.79 Å². The zero-order valence-corrected chi connectivity index (χ0v) is 14.6. The van der Waals surface area contributed by atoms with E-state index in [4.69, 9.17) is 0 Å². The number of nitrogens with one attached hydrogen (secondary N) is 2. The summed E-state index contributed by atoms with van der Waals surface area (Å²) < 4.78 is 1.74. The number of amides is 1. The predicted molar refractivity (Wildman–Crippen MR) is 95.5 cm³/mol. The van der Waals surface area contributed by atoms with E-state index in [2.05, 4.69) is 25.6 Å². The van der Waals surface area contributed by atoms with Gasteiger partial charge in [-0.25, -0.2) is 9.50 Å². The first kappa shape index (κ1) is 15.5. The number of benzene rings is 1. The highest BCUT2D eigenvalue weighted by Gasteiger charge is 2.19. The van der Waals surface area contributed by atoms with Crippen LogP contribution in [0.3, 0.4) is 0 Å². The Morgan fingerprint density at radius 1 is 1.28 bits per heavy atom. The zero-order valence-electron chi connectivity index (χ0n) is 13.8. The van der Waals surface area contributed by atoms with Gasteiger partial charge in [0.1, 0.15) is 10.7 Å². The minimum Gasteiger partial charge on any atom is -0.346 e. The molecule has 126 valence electrons. The van der Waals surface area contributed by atoms with Gasteiger partial charge in [-0.3, -0.25) is 9.89 Å². The Morgan fingerprint density at radius 3 is 2.84 bits per heavy atom. The van der Waals surface area contributed by atoms with Gasteiger partial charge in [-0.05, 0) is 13.8 Å². The molecule has 3 heterocycles. The first-order chi connectivity index (χ1) is 12.1. The molecule has 0 aliphatic heterocycles. The van der Waals surface area contributed by atoms with E-state index in [-0.39, 0.29) is 5.91 Å². The molecule has 0 spiro atoms. The van der Waals surface area contributed by atoms with Gasteiger partial charge in [-0.1, -0.05) is 41.7 Å². The van der Waals surface area contributed by atoms with Crippen LogP contribution in [0.2, 0.25) is 0 Å². The van der Waals surface area contributed by atoms with Crippen LogP contribution in [0.1, 0.15) is 26.8 Å². The monoisotopic (exact) mass is 352 g/mol. The number of H-pyrrole nitrogens is 1. The topological polar surface area (TPSA) is 88.0 Å². The molecule has 7 nitrogen and oxygen atoms in total. The molecule has 2 N–H and O–H groups in total. The third kappa shape index (κ3) is 2.91. The third-order valence-corrected chi connectivity index (χ3v) is 4.68. The van der Waals surface area contributed by atoms with Gasteiger partial charge in [0.15, 0.2) is 0 Å². The zero-order chi connectivity index (χ0) is 17.4. The van der Waals surface area contributed by atoms with Crippen LogP contribution in [0.25, 0.3) is 16.2 Å². The third-order valence-electron chi connectivity index (χ3n) is 3.85. The van der Waals surface area contributed by atoms with E-state index in [1.165, 1.54) is 11.3 Å². The van der Waals surface area contributed by atoms with Crippen molar-refractivity contribution in [1.82, 2.24) is 30.1 Å². The van der Waals surface area contributed by atoms with E-state index in [0.29, 0.717) is 17.8 Å². The molecule has 0 saturated carbocycles. The molecule has 4 rings (SSSR count). The molecule has 3 aromatic heterocycles. The molecule has 0 fully saturated rings. The Balaban J connectivity index is 1.55. The second-order valence-electron chi connectivity index (χ2n) is 5.70. The van der Waals surface area contributed by atoms with E-state index in [0.717, 1.165) is 26.9 Å². The number of aryl methyl sites for hydroxylation is 2. The molecule has 0 radical (unpaired) electrons. The predicted octanol–water partition coefficient (Wildman–Crippen LogP) is 2.73. The van der Waals surface area contributed by atoms with Crippen molar-refractivity contribution in [3.63, 3.8) is 0 Å². The largest absolute Gasteiger partial charge is 0.346 e. The quantitative estimate of drug-likeness (QED) is 0.591. The molecule has 0 unspecified atom stereocenters. The molecule has 4 aromatic rings. The molecule has 0 bridgehead atoms. The van der Waals surface area contributed by atoms with Gasteiger partial charge in [0, 0.05) is 11.3 Å². The maximum atomic E-state index is 12.7. The van der Waals surface area contributed by atoms with Gasteiger partial charge in [-0.15, -0.1) is 0 Å². The lowest BCUT2D eigenvalue weighted by molar-refractivity contribution is 0.0950. The Bertz CT molecular complexity index is 1010. The molecule has 25 heavy (non-hydrogen) atoms. The van der Waals surface area contributed by atoms with Crippen LogP contribution >= 0.6 is 11.3 Å². The van der Waals surface area contributed by atoms with E-state index >= 15 is 0 Å². The molecule has 0 aliphatic carbocycles. The highest BCUT2D eigenvalue weighted by molar-refractivity contribution is 7.16. The molecule has 8 heteroatoms. The van der Waals surface area contributed by atoms with E-state index in [1.54, 1.807) is 4.52 Å². The van der Waals surface area contributed by atoms with Crippen molar-refractivity contribution in [3.05, 3.63) is 58.5 Å². The summed E-state index contributed by atoms with van der Waals surface area (Å²) in [6, 6.07) is 9.65. The summed E-state index contributed by atoms with van der Waals surface area (Å²) in [6.45, 7) is 4.12. The number of imidazole rings is 1. The number of fused-ring (bicyclic) bond motifs is 1. The first-order valence-electron chi connectivity index (χ1n) is 7.82. The minimum absolute atomic E-state index is 0.175. The number of nitrogens with zero attached hydrogens (tertiary/aromatic N) is 4. The SMILES string of the molecule is Cc1nn2cc(CNC(=O)c3c(-c4ccccc4)n[nH]c3C)nc2s1. The van der Waals surface area contributed by atoms with Crippen molar-refractivity contribution >= 4 is 22.2 Å². The summed E-state index contributed by atoms with van der Waals surface area (Å²) in [5.74, 6) is -0.175. The van der Waals surface area contributed by atoms with Crippen LogP contribution in [0.4, 0.5) is 0 Å². The van der Waals surface area contributed by atoms with Gasteiger partial charge in [0.2, 0.25) is 4.96 Å².